The lowest BCUT2D eigenvalue weighted by molar-refractivity contribution is -0.129. The van der Waals surface area contributed by atoms with E-state index in [-0.39, 0.29) is 24.5 Å². The summed E-state index contributed by atoms with van der Waals surface area (Å²) in [6, 6.07) is 7.89. The van der Waals surface area contributed by atoms with Crippen LogP contribution in [0.5, 0.6) is 0 Å². The van der Waals surface area contributed by atoms with Crippen LogP contribution in [0.4, 0.5) is 4.79 Å². The Morgan fingerprint density at radius 1 is 1.45 bits per heavy atom. The average Bonchev–Trinajstić information content (AvgIpc) is 3.25. The van der Waals surface area contributed by atoms with Gasteiger partial charge < -0.3 is 5.32 Å². The Hall–Kier alpha value is -1.59. The third kappa shape index (κ3) is 3.10. The summed E-state index contributed by atoms with van der Waals surface area (Å²) in [4.78, 5) is 27.5. The lowest BCUT2D eigenvalue weighted by Crippen LogP contribution is -2.43. The second-order valence-electron chi connectivity index (χ2n) is 5.88. The smallest absolute Gasteiger partial charge is 0.324 e. The average molecular weight is 322 g/mol. The van der Waals surface area contributed by atoms with Crippen molar-refractivity contribution in [1.29, 1.82) is 0 Å². The standard InChI is InChI=1S/C16H20ClN3O2/c1-11(13-4-2-3-5-14(13)17)20(12-6-7-12)10-15(21)19-9-8-18-16(19)22/h2-5,11-12H,6-10H2,1H3,(H,18,22)/t11-/m0/s1. The zero-order chi connectivity index (χ0) is 15.7. The molecular formula is C16H20ClN3O2. The predicted molar refractivity (Wildman–Crippen MR) is 84.7 cm³/mol. The van der Waals surface area contributed by atoms with Crippen LogP contribution in [0.3, 0.4) is 0 Å². The van der Waals surface area contributed by atoms with E-state index in [0.717, 1.165) is 18.4 Å². The van der Waals surface area contributed by atoms with Crippen molar-refractivity contribution in [2.45, 2.75) is 31.8 Å². The number of amides is 3. The fourth-order valence-electron chi connectivity index (χ4n) is 2.93. The molecule has 1 saturated carbocycles. The van der Waals surface area contributed by atoms with Crippen molar-refractivity contribution in [2.24, 2.45) is 0 Å². The first-order chi connectivity index (χ1) is 10.6. The monoisotopic (exact) mass is 321 g/mol. The Bertz CT molecular complexity index is 589. The highest BCUT2D eigenvalue weighted by Gasteiger charge is 2.37. The van der Waals surface area contributed by atoms with Crippen LogP contribution in [0.15, 0.2) is 24.3 Å². The molecule has 1 heterocycles. The van der Waals surface area contributed by atoms with Gasteiger partial charge in [-0.05, 0) is 31.4 Å². The van der Waals surface area contributed by atoms with Gasteiger partial charge in [-0.25, -0.2) is 4.79 Å². The summed E-state index contributed by atoms with van der Waals surface area (Å²) >= 11 is 6.29. The van der Waals surface area contributed by atoms with Gasteiger partial charge in [0.1, 0.15) is 0 Å². The molecular weight excluding hydrogens is 302 g/mol. The molecule has 6 heteroatoms. The normalized spacial score (nSPS) is 19.4. The highest BCUT2D eigenvalue weighted by atomic mass is 35.5. The molecule has 3 amide bonds. The van der Waals surface area contributed by atoms with Crippen molar-refractivity contribution < 1.29 is 9.59 Å². The first-order valence-corrected chi connectivity index (χ1v) is 8.04. The van der Waals surface area contributed by atoms with E-state index in [2.05, 4.69) is 17.1 Å². The molecule has 0 unspecified atom stereocenters. The Balaban J connectivity index is 1.74. The van der Waals surface area contributed by atoms with Gasteiger partial charge >= 0.3 is 6.03 Å². The van der Waals surface area contributed by atoms with Crippen LogP contribution < -0.4 is 5.32 Å². The van der Waals surface area contributed by atoms with Gasteiger partial charge in [-0.15, -0.1) is 0 Å². The summed E-state index contributed by atoms with van der Waals surface area (Å²) in [5.74, 6) is -0.138. The summed E-state index contributed by atoms with van der Waals surface area (Å²) in [6.45, 7) is 3.31. The van der Waals surface area contributed by atoms with Crippen molar-refractivity contribution in [3.8, 4) is 0 Å². The number of benzene rings is 1. The van der Waals surface area contributed by atoms with Crippen LogP contribution in [-0.4, -0.2) is 47.4 Å². The first-order valence-electron chi connectivity index (χ1n) is 7.66. The van der Waals surface area contributed by atoms with Gasteiger partial charge in [0.05, 0.1) is 6.54 Å². The van der Waals surface area contributed by atoms with E-state index in [1.165, 1.54) is 4.90 Å². The maximum Gasteiger partial charge on any atom is 0.324 e. The molecule has 2 fully saturated rings. The fraction of sp³-hybridized carbons (Fsp3) is 0.500. The van der Waals surface area contributed by atoms with E-state index in [4.69, 9.17) is 11.6 Å². The number of halogens is 1. The zero-order valence-electron chi connectivity index (χ0n) is 12.6. The van der Waals surface area contributed by atoms with Crippen LogP contribution in [0.2, 0.25) is 5.02 Å². The van der Waals surface area contributed by atoms with Crippen molar-refractivity contribution >= 4 is 23.5 Å². The molecule has 22 heavy (non-hydrogen) atoms. The molecule has 1 N–H and O–H groups in total. The van der Waals surface area contributed by atoms with Crippen molar-refractivity contribution in [3.05, 3.63) is 34.9 Å². The van der Waals surface area contributed by atoms with Crippen LogP contribution >= 0.6 is 11.6 Å². The SMILES string of the molecule is C[C@@H](c1ccccc1Cl)N(CC(=O)N1CCNC1=O)C1CC1. The molecule has 0 aromatic heterocycles. The van der Waals surface area contributed by atoms with Crippen molar-refractivity contribution in [3.63, 3.8) is 0 Å². The molecule has 1 aliphatic heterocycles. The number of hydrogen-bond acceptors (Lipinski definition) is 3. The molecule has 2 aliphatic rings. The van der Waals surface area contributed by atoms with Crippen LogP contribution in [0, 0.1) is 0 Å². The molecule has 118 valence electrons. The van der Waals surface area contributed by atoms with Crippen LogP contribution in [0.1, 0.15) is 31.4 Å². The molecule has 5 nitrogen and oxygen atoms in total. The lowest BCUT2D eigenvalue weighted by atomic mass is 10.1. The number of urea groups is 1. The zero-order valence-corrected chi connectivity index (χ0v) is 13.3. The number of carbonyl (C=O) groups is 2. The van der Waals surface area contributed by atoms with E-state index in [1.54, 1.807) is 0 Å². The van der Waals surface area contributed by atoms with E-state index < -0.39 is 0 Å². The van der Waals surface area contributed by atoms with Gasteiger partial charge in [-0.1, -0.05) is 29.8 Å². The second-order valence-corrected chi connectivity index (χ2v) is 6.29. The largest absolute Gasteiger partial charge is 0.336 e. The molecule has 0 radical (unpaired) electrons. The number of imide groups is 1. The van der Waals surface area contributed by atoms with Gasteiger partial charge in [0.15, 0.2) is 0 Å². The van der Waals surface area contributed by atoms with Crippen molar-refractivity contribution in [2.75, 3.05) is 19.6 Å². The third-order valence-corrected chi connectivity index (χ3v) is 4.69. The third-order valence-electron chi connectivity index (χ3n) is 4.34. The van der Waals surface area contributed by atoms with Gasteiger partial charge in [-0.3, -0.25) is 14.6 Å². The maximum absolute atomic E-state index is 12.4. The van der Waals surface area contributed by atoms with Gasteiger partial charge in [0, 0.05) is 30.2 Å². The lowest BCUT2D eigenvalue weighted by Gasteiger charge is -2.30. The molecule has 1 aromatic rings. The summed E-state index contributed by atoms with van der Waals surface area (Å²) in [5, 5.41) is 3.38. The quantitative estimate of drug-likeness (QED) is 0.906. The minimum absolute atomic E-state index is 0.0517. The Kier molecular flexibility index (Phi) is 4.36. The predicted octanol–water partition coefficient (Wildman–Crippen LogP) is 2.42. The van der Waals surface area contributed by atoms with E-state index >= 15 is 0 Å². The molecule has 1 saturated heterocycles. The van der Waals surface area contributed by atoms with E-state index in [0.29, 0.717) is 24.2 Å². The molecule has 1 aromatic carbocycles. The number of rotatable bonds is 5. The Morgan fingerprint density at radius 3 is 2.77 bits per heavy atom. The Morgan fingerprint density at radius 2 is 2.18 bits per heavy atom. The molecule has 3 rings (SSSR count). The number of carbonyl (C=O) groups excluding carboxylic acids is 2. The molecule has 0 spiro atoms. The topological polar surface area (TPSA) is 52.7 Å². The van der Waals surface area contributed by atoms with Gasteiger partial charge in [0.2, 0.25) is 5.91 Å². The molecule has 1 aliphatic carbocycles. The highest BCUT2D eigenvalue weighted by Crippen LogP contribution is 2.36. The van der Waals surface area contributed by atoms with Gasteiger partial charge in [-0.2, -0.15) is 0 Å². The number of nitrogens with one attached hydrogen (secondary N) is 1. The number of nitrogens with zero attached hydrogens (tertiary/aromatic N) is 2. The van der Waals surface area contributed by atoms with Crippen LogP contribution in [0.25, 0.3) is 0 Å². The maximum atomic E-state index is 12.4. The van der Waals surface area contributed by atoms with E-state index in [9.17, 15) is 9.59 Å². The highest BCUT2D eigenvalue weighted by molar-refractivity contribution is 6.31. The Labute approximate surface area is 135 Å². The minimum atomic E-state index is -0.286. The molecule has 1 atom stereocenters. The summed E-state index contributed by atoms with van der Waals surface area (Å²) in [7, 11) is 0. The summed E-state index contributed by atoms with van der Waals surface area (Å²) in [5.41, 5.74) is 1.02. The summed E-state index contributed by atoms with van der Waals surface area (Å²) < 4.78 is 0. The first kappa shape index (κ1) is 15.3. The van der Waals surface area contributed by atoms with Gasteiger partial charge in [0.25, 0.3) is 0 Å². The molecule has 0 bridgehead atoms. The van der Waals surface area contributed by atoms with Crippen molar-refractivity contribution in [1.82, 2.24) is 15.1 Å². The summed E-state index contributed by atoms with van der Waals surface area (Å²) in [6.07, 6.45) is 2.18. The van der Waals surface area contributed by atoms with Crippen LogP contribution in [-0.2, 0) is 4.79 Å². The fourth-order valence-corrected chi connectivity index (χ4v) is 3.23. The number of hydrogen-bond donors (Lipinski definition) is 1. The van der Waals surface area contributed by atoms with E-state index in [1.807, 2.05) is 24.3 Å². The second kappa shape index (κ2) is 6.26. The minimum Gasteiger partial charge on any atom is -0.336 e.